The number of hydrogen-bond acceptors (Lipinski definition) is 6. The van der Waals surface area contributed by atoms with Crippen LogP contribution in [0.3, 0.4) is 0 Å². The van der Waals surface area contributed by atoms with Crippen LogP contribution in [0.4, 0.5) is 0 Å². The van der Waals surface area contributed by atoms with Crippen LogP contribution in [0.2, 0.25) is 0 Å². The molecule has 0 aliphatic rings. The number of nitrogens with zero attached hydrogens (tertiary/aromatic N) is 2. The van der Waals surface area contributed by atoms with Crippen molar-refractivity contribution in [3.05, 3.63) is 18.2 Å². The van der Waals surface area contributed by atoms with Gasteiger partial charge >= 0.3 is 0 Å². The minimum Gasteiger partial charge on any atom is -0.283 e. The Kier molecular flexibility index (Phi) is 5.94. The highest BCUT2D eigenvalue weighted by molar-refractivity contribution is 8.12. The van der Waals surface area contributed by atoms with E-state index in [-0.39, 0.29) is 5.12 Å². The standard InChI is InChI=1S/C7H11N2OS.ClHO4/c1-6-8(3)4-5-9(6)11-7(2)10;2-1(3,4)5/h4-5H,1-3H3;(H,2,3,4,5)/q+1;/p-1. The average Bonchev–Trinajstić information content (AvgIpc) is 2.32. The predicted molar refractivity (Wildman–Crippen MR) is 44.0 cm³/mol. The molecule has 0 N–H and O–H groups in total. The van der Waals surface area contributed by atoms with Gasteiger partial charge in [-0.2, -0.15) is 3.97 Å². The second kappa shape index (κ2) is 6.18. The van der Waals surface area contributed by atoms with Gasteiger partial charge in [-0.05, 0) is 0 Å². The Balaban J connectivity index is 0.000000385. The van der Waals surface area contributed by atoms with Crippen LogP contribution in [0.5, 0.6) is 0 Å². The van der Waals surface area contributed by atoms with Crippen molar-refractivity contribution in [2.45, 2.75) is 13.8 Å². The van der Waals surface area contributed by atoms with Gasteiger partial charge in [0.2, 0.25) is 5.12 Å². The Hall–Kier alpha value is -0.640. The van der Waals surface area contributed by atoms with Gasteiger partial charge < -0.3 is 0 Å². The normalized spacial score (nSPS) is 10.7. The van der Waals surface area contributed by atoms with Crippen molar-refractivity contribution in [2.24, 2.45) is 7.05 Å². The van der Waals surface area contributed by atoms with Crippen molar-refractivity contribution < 1.29 is 38.2 Å². The van der Waals surface area contributed by atoms with E-state index in [2.05, 4.69) is 0 Å². The molecule has 1 rings (SSSR count). The summed E-state index contributed by atoms with van der Waals surface area (Å²) < 4.78 is 37.8. The molecule has 1 heterocycles. The third-order valence-corrected chi connectivity index (χ3v) is 2.32. The van der Waals surface area contributed by atoms with E-state index in [4.69, 9.17) is 18.6 Å². The molecular formula is C7H11ClN2O5S. The SMILES string of the molecule is CC(=O)Sn1cc[n+](C)c1C.[O-][Cl+3]([O-])([O-])[O-]. The van der Waals surface area contributed by atoms with Gasteiger partial charge in [0.1, 0.15) is 24.3 Å². The number of carbonyl (C=O) groups excluding carboxylic acids is 1. The van der Waals surface area contributed by atoms with Crippen molar-refractivity contribution in [3.8, 4) is 0 Å². The summed E-state index contributed by atoms with van der Waals surface area (Å²) in [4.78, 5) is 10.7. The first kappa shape index (κ1) is 15.4. The second-order valence-corrected chi connectivity index (χ2v) is 4.65. The van der Waals surface area contributed by atoms with E-state index in [0.717, 1.165) is 5.82 Å². The summed E-state index contributed by atoms with van der Waals surface area (Å²) in [6.45, 7) is 3.53. The van der Waals surface area contributed by atoms with Gasteiger partial charge in [-0.3, -0.25) is 4.79 Å². The van der Waals surface area contributed by atoms with Gasteiger partial charge in [-0.25, -0.2) is 23.2 Å². The van der Waals surface area contributed by atoms with Gasteiger partial charge in [-0.15, -0.1) is 10.2 Å². The third-order valence-electron chi connectivity index (χ3n) is 1.48. The van der Waals surface area contributed by atoms with Gasteiger partial charge in [0.25, 0.3) is 5.82 Å². The van der Waals surface area contributed by atoms with Crippen molar-refractivity contribution in [3.63, 3.8) is 0 Å². The van der Waals surface area contributed by atoms with Gasteiger partial charge in [0, 0.05) is 13.8 Å². The maximum atomic E-state index is 10.7. The monoisotopic (exact) mass is 270 g/mol. The first-order chi connectivity index (χ1) is 7.11. The van der Waals surface area contributed by atoms with E-state index in [1.54, 1.807) is 6.92 Å². The minimum atomic E-state index is -4.94. The highest BCUT2D eigenvalue weighted by Crippen LogP contribution is 2.07. The van der Waals surface area contributed by atoms with E-state index in [1.165, 1.54) is 11.9 Å². The summed E-state index contributed by atoms with van der Waals surface area (Å²) >= 11 is 1.20. The van der Waals surface area contributed by atoms with Crippen molar-refractivity contribution in [1.29, 1.82) is 0 Å². The number of carbonyl (C=O) groups is 1. The van der Waals surface area contributed by atoms with Crippen LogP contribution < -0.4 is 23.2 Å². The van der Waals surface area contributed by atoms with E-state index in [1.807, 2.05) is 34.9 Å². The molecule has 0 atom stereocenters. The van der Waals surface area contributed by atoms with Gasteiger partial charge in [0.05, 0.1) is 7.05 Å². The Morgan fingerprint density at radius 1 is 1.44 bits per heavy atom. The minimum absolute atomic E-state index is 0.101. The molecule has 0 saturated heterocycles. The van der Waals surface area contributed by atoms with E-state index in [0.29, 0.717) is 0 Å². The maximum absolute atomic E-state index is 10.7. The molecule has 0 saturated carbocycles. The van der Waals surface area contributed by atoms with Crippen molar-refractivity contribution in [1.82, 2.24) is 3.97 Å². The fourth-order valence-electron chi connectivity index (χ4n) is 0.767. The van der Waals surface area contributed by atoms with Gasteiger partial charge in [-0.1, -0.05) is 0 Å². The molecule has 1 aromatic heterocycles. The summed E-state index contributed by atoms with van der Waals surface area (Å²) in [5.41, 5.74) is 0. The third kappa shape index (κ3) is 7.63. The molecule has 0 amide bonds. The summed E-state index contributed by atoms with van der Waals surface area (Å²) in [7, 11) is -2.99. The zero-order valence-electron chi connectivity index (χ0n) is 8.88. The molecule has 16 heavy (non-hydrogen) atoms. The summed E-state index contributed by atoms with van der Waals surface area (Å²) in [6, 6.07) is 0. The molecule has 1 aromatic rings. The molecule has 0 radical (unpaired) electrons. The lowest BCUT2D eigenvalue weighted by Gasteiger charge is -2.17. The summed E-state index contributed by atoms with van der Waals surface area (Å²) in [5, 5.41) is 0.101. The lowest BCUT2D eigenvalue weighted by atomic mass is 10.7. The van der Waals surface area contributed by atoms with E-state index < -0.39 is 10.2 Å². The molecule has 0 unspecified atom stereocenters. The van der Waals surface area contributed by atoms with Crippen LogP contribution in [-0.2, 0) is 11.8 Å². The Labute approximate surface area is 98.8 Å². The van der Waals surface area contributed by atoms with E-state index in [9.17, 15) is 4.79 Å². The first-order valence-electron chi connectivity index (χ1n) is 3.95. The fraction of sp³-hybridized carbons (Fsp3) is 0.429. The fourth-order valence-corrected chi connectivity index (χ4v) is 1.42. The molecular weight excluding hydrogens is 260 g/mol. The van der Waals surface area contributed by atoms with Gasteiger partial charge in [0.15, 0.2) is 0 Å². The summed E-state index contributed by atoms with van der Waals surface area (Å²) in [6.07, 6.45) is 3.80. The first-order valence-corrected chi connectivity index (χ1v) is 5.96. The smallest absolute Gasteiger partial charge is 0.265 e. The van der Waals surface area contributed by atoms with Crippen LogP contribution in [0.1, 0.15) is 12.7 Å². The lowest BCUT2D eigenvalue weighted by Crippen LogP contribution is -2.68. The van der Waals surface area contributed by atoms with Crippen LogP contribution in [0.15, 0.2) is 12.4 Å². The Morgan fingerprint density at radius 3 is 2.12 bits per heavy atom. The molecule has 0 aromatic carbocycles. The van der Waals surface area contributed by atoms with Crippen molar-refractivity contribution >= 4 is 17.1 Å². The molecule has 0 spiro atoms. The second-order valence-electron chi connectivity index (χ2n) is 2.74. The Bertz CT molecular complexity index is 356. The highest BCUT2D eigenvalue weighted by atomic mass is 35.7. The Morgan fingerprint density at radius 2 is 1.88 bits per heavy atom. The van der Waals surface area contributed by atoms with Crippen LogP contribution >= 0.6 is 11.9 Å². The quantitative estimate of drug-likeness (QED) is 0.479. The molecule has 0 fully saturated rings. The van der Waals surface area contributed by atoms with Crippen LogP contribution in [0, 0.1) is 17.2 Å². The zero-order valence-corrected chi connectivity index (χ0v) is 10.4. The number of aromatic nitrogens is 2. The molecule has 92 valence electrons. The number of imidazole rings is 1. The molecule has 0 aliphatic heterocycles. The maximum Gasteiger partial charge on any atom is 0.265 e. The van der Waals surface area contributed by atoms with E-state index >= 15 is 0 Å². The molecule has 9 heteroatoms. The van der Waals surface area contributed by atoms with Crippen LogP contribution in [0.25, 0.3) is 0 Å². The summed E-state index contributed by atoms with van der Waals surface area (Å²) in [5.74, 6) is 1.06. The number of aryl methyl sites for hydroxylation is 1. The topological polar surface area (TPSA) is 118 Å². The van der Waals surface area contributed by atoms with Crippen molar-refractivity contribution in [2.75, 3.05) is 0 Å². The molecule has 0 aliphatic carbocycles. The number of hydrogen-bond donors (Lipinski definition) is 0. The molecule has 0 bridgehead atoms. The highest BCUT2D eigenvalue weighted by Gasteiger charge is 2.11. The molecule has 7 nitrogen and oxygen atoms in total. The lowest BCUT2D eigenvalue weighted by molar-refractivity contribution is -2.00. The number of rotatable bonds is 1. The largest absolute Gasteiger partial charge is 0.283 e. The average molecular weight is 271 g/mol. The van der Waals surface area contributed by atoms with Crippen LogP contribution in [-0.4, -0.2) is 9.09 Å². The zero-order chi connectivity index (χ0) is 12.9. The number of halogens is 1. The predicted octanol–water partition coefficient (Wildman–Crippen LogP) is -4.09.